The Morgan fingerprint density at radius 1 is 0.400 bits per heavy atom. The lowest BCUT2D eigenvalue weighted by Gasteiger charge is -2.19. The highest BCUT2D eigenvalue weighted by Crippen LogP contribution is 2.41. The molecular weight excluding hydrogens is 611 g/mol. The summed E-state index contributed by atoms with van der Waals surface area (Å²) in [7, 11) is 0. The van der Waals surface area contributed by atoms with Crippen LogP contribution in [0.25, 0.3) is 43.1 Å². The largest absolute Gasteiger partial charge is 0.456 e. The maximum Gasteiger partial charge on any atom is 0.135 e. The minimum absolute atomic E-state index is 0.453. The summed E-state index contributed by atoms with van der Waals surface area (Å²) in [5.74, 6) is 3.31. The molecule has 8 rings (SSSR count). The number of benzene rings is 8. The monoisotopic (exact) mass is 649 g/mol. The maximum atomic E-state index is 9.84. The molecule has 0 heterocycles. The SMILES string of the molecule is Cc1cc(C)c(Oc2ccc(C(=N)c3ccc(Oc4c(C)cc(C)cc4C)c4cc5ccccc5cc34)c3cc4ccccc4cc23)c(C)c1. The molecule has 0 aliphatic heterocycles. The van der Waals surface area contributed by atoms with Gasteiger partial charge in [0.05, 0.1) is 5.71 Å². The van der Waals surface area contributed by atoms with Gasteiger partial charge in [0, 0.05) is 21.9 Å². The molecule has 0 unspecified atom stereocenters. The normalized spacial score (nSPS) is 11.5. The quantitative estimate of drug-likeness (QED) is 0.144. The second kappa shape index (κ2) is 12.2. The first-order valence-electron chi connectivity index (χ1n) is 17.2. The lowest BCUT2D eigenvalue weighted by atomic mass is 9.90. The Kier molecular flexibility index (Phi) is 7.64. The summed E-state index contributed by atoms with van der Waals surface area (Å²) in [5, 5.41) is 18.3. The van der Waals surface area contributed by atoms with E-state index in [1.54, 1.807) is 0 Å². The highest BCUT2D eigenvalue weighted by Gasteiger charge is 2.20. The van der Waals surface area contributed by atoms with E-state index in [0.29, 0.717) is 5.71 Å². The molecule has 8 aromatic rings. The molecular formula is C47H39NO2. The van der Waals surface area contributed by atoms with Gasteiger partial charge in [-0.05, 0) is 145 Å². The lowest BCUT2D eigenvalue weighted by molar-refractivity contribution is 0.480. The summed E-state index contributed by atoms with van der Waals surface area (Å²) in [4.78, 5) is 0. The molecule has 0 radical (unpaired) electrons. The second-order valence-corrected chi connectivity index (χ2v) is 13.7. The molecule has 8 aromatic carbocycles. The van der Waals surface area contributed by atoms with Gasteiger partial charge in [0.2, 0.25) is 0 Å². The van der Waals surface area contributed by atoms with Crippen molar-refractivity contribution in [3.63, 3.8) is 0 Å². The Bertz CT molecular complexity index is 2450. The number of hydrogen-bond acceptors (Lipinski definition) is 3. The Balaban J connectivity index is 1.32. The molecule has 50 heavy (non-hydrogen) atoms. The fraction of sp³-hybridized carbons (Fsp3) is 0.128. The molecule has 0 aromatic heterocycles. The van der Waals surface area contributed by atoms with Crippen LogP contribution < -0.4 is 9.47 Å². The van der Waals surface area contributed by atoms with Crippen LogP contribution in [-0.4, -0.2) is 5.71 Å². The van der Waals surface area contributed by atoms with E-state index in [1.165, 1.54) is 11.1 Å². The highest BCUT2D eigenvalue weighted by atomic mass is 16.5. The Morgan fingerprint density at radius 3 is 1.06 bits per heavy atom. The van der Waals surface area contributed by atoms with Crippen LogP contribution in [-0.2, 0) is 0 Å². The van der Waals surface area contributed by atoms with Gasteiger partial charge in [-0.2, -0.15) is 0 Å². The van der Waals surface area contributed by atoms with Crippen molar-refractivity contribution in [1.82, 2.24) is 0 Å². The summed E-state index contributed by atoms with van der Waals surface area (Å²) < 4.78 is 13.5. The molecule has 0 atom stereocenters. The van der Waals surface area contributed by atoms with Crippen molar-refractivity contribution in [1.29, 1.82) is 5.41 Å². The molecule has 0 aliphatic carbocycles. The summed E-state index contributed by atoms with van der Waals surface area (Å²) >= 11 is 0. The summed E-state index contributed by atoms with van der Waals surface area (Å²) in [6, 6.07) is 42.4. The van der Waals surface area contributed by atoms with Crippen LogP contribution in [0.15, 0.2) is 121 Å². The van der Waals surface area contributed by atoms with Gasteiger partial charge in [-0.1, -0.05) is 83.9 Å². The van der Waals surface area contributed by atoms with Crippen LogP contribution in [0, 0.1) is 47.0 Å². The first-order chi connectivity index (χ1) is 24.1. The van der Waals surface area contributed by atoms with Gasteiger partial charge < -0.3 is 9.47 Å². The van der Waals surface area contributed by atoms with Crippen molar-refractivity contribution in [2.45, 2.75) is 41.5 Å². The predicted molar refractivity (Wildman–Crippen MR) is 210 cm³/mol. The van der Waals surface area contributed by atoms with Crippen molar-refractivity contribution in [2.75, 3.05) is 0 Å². The Labute approximate surface area is 293 Å². The van der Waals surface area contributed by atoms with E-state index >= 15 is 0 Å². The third-order valence-corrected chi connectivity index (χ3v) is 9.86. The zero-order chi connectivity index (χ0) is 34.7. The molecule has 3 heteroatoms. The van der Waals surface area contributed by atoms with Crippen LogP contribution in [0.2, 0.25) is 0 Å². The van der Waals surface area contributed by atoms with Crippen LogP contribution in [0.5, 0.6) is 23.0 Å². The van der Waals surface area contributed by atoms with E-state index in [1.807, 2.05) is 24.3 Å². The molecule has 0 spiro atoms. The molecule has 0 amide bonds. The van der Waals surface area contributed by atoms with Crippen LogP contribution in [0.1, 0.15) is 44.5 Å². The molecule has 0 saturated carbocycles. The van der Waals surface area contributed by atoms with E-state index < -0.39 is 0 Å². The van der Waals surface area contributed by atoms with Crippen LogP contribution in [0.3, 0.4) is 0 Å². The van der Waals surface area contributed by atoms with Crippen molar-refractivity contribution in [3.05, 3.63) is 166 Å². The summed E-state index contributed by atoms with van der Waals surface area (Å²) in [6.45, 7) is 12.6. The molecule has 0 fully saturated rings. The molecule has 0 bridgehead atoms. The van der Waals surface area contributed by atoms with Gasteiger partial charge in [-0.25, -0.2) is 0 Å². The van der Waals surface area contributed by atoms with E-state index in [2.05, 4.69) is 139 Å². The van der Waals surface area contributed by atoms with Crippen LogP contribution in [0.4, 0.5) is 0 Å². The van der Waals surface area contributed by atoms with Gasteiger partial charge in [-0.3, -0.25) is 5.41 Å². The third-order valence-electron chi connectivity index (χ3n) is 9.86. The molecule has 0 aliphatic rings. The fourth-order valence-corrected chi connectivity index (χ4v) is 7.65. The number of hydrogen-bond donors (Lipinski definition) is 1. The standard InChI is InChI=1S/C47H39NO2/c1-27-19-29(3)46(30(4)20-27)49-43-17-15-37(39-23-33-11-7-9-13-35(33)25-41(39)43)45(48)38-16-18-44(50-47-31(5)21-28(2)22-32(47)6)42-26-36-14-10-8-12-34(36)24-40(38)42/h7-26,48H,1-6H3. The van der Waals surface area contributed by atoms with Gasteiger partial charge >= 0.3 is 0 Å². The average Bonchev–Trinajstić information content (AvgIpc) is 3.09. The van der Waals surface area contributed by atoms with Crippen molar-refractivity contribution in [3.8, 4) is 23.0 Å². The number of nitrogens with one attached hydrogen (secondary N) is 1. The summed E-state index contributed by atoms with van der Waals surface area (Å²) in [6.07, 6.45) is 0. The van der Waals surface area contributed by atoms with E-state index in [4.69, 9.17) is 9.47 Å². The first-order valence-corrected chi connectivity index (χ1v) is 17.2. The number of rotatable bonds is 6. The summed E-state index contributed by atoms with van der Waals surface area (Å²) in [5.41, 5.74) is 8.99. The molecule has 3 nitrogen and oxygen atoms in total. The minimum atomic E-state index is 0.453. The van der Waals surface area contributed by atoms with E-state index in [-0.39, 0.29) is 0 Å². The zero-order valence-electron chi connectivity index (χ0n) is 29.4. The van der Waals surface area contributed by atoms with E-state index in [0.717, 1.165) is 99.5 Å². The fourth-order valence-electron chi connectivity index (χ4n) is 7.65. The zero-order valence-corrected chi connectivity index (χ0v) is 29.4. The molecule has 244 valence electrons. The van der Waals surface area contributed by atoms with Crippen molar-refractivity contribution < 1.29 is 9.47 Å². The lowest BCUT2D eigenvalue weighted by Crippen LogP contribution is -2.05. The third kappa shape index (κ3) is 5.45. The van der Waals surface area contributed by atoms with E-state index in [9.17, 15) is 5.41 Å². The van der Waals surface area contributed by atoms with Gasteiger partial charge in [-0.15, -0.1) is 0 Å². The van der Waals surface area contributed by atoms with Gasteiger partial charge in [0.1, 0.15) is 23.0 Å². The minimum Gasteiger partial charge on any atom is -0.456 e. The van der Waals surface area contributed by atoms with Crippen molar-refractivity contribution in [2.24, 2.45) is 0 Å². The van der Waals surface area contributed by atoms with Gasteiger partial charge in [0.15, 0.2) is 0 Å². The number of fused-ring (bicyclic) bond motifs is 4. The predicted octanol–water partition coefficient (Wildman–Crippen LogP) is 13.2. The Morgan fingerprint density at radius 2 is 0.720 bits per heavy atom. The second-order valence-electron chi connectivity index (χ2n) is 13.7. The number of aryl methyl sites for hydroxylation is 6. The average molecular weight is 650 g/mol. The smallest absolute Gasteiger partial charge is 0.135 e. The number of ether oxygens (including phenoxy) is 2. The molecule has 0 saturated heterocycles. The Hall–Kier alpha value is -5.93. The maximum absolute atomic E-state index is 9.84. The van der Waals surface area contributed by atoms with Crippen molar-refractivity contribution >= 4 is 48.8 Å². The van der Waals surface area contributed by atoms with Crippen LogP contribution >= 0.6 is 0 Å². The highest BCUT2D eigenvalue weighted by molar-refractivity contribution is 6.25. The molecule has 1 N–H and O–H groups in total. The van der Waals surface area contributed by atoms with Gasteiger partial charge in [0.25, 0.3) is 0 Å². The topological polar surface area (TPSA) is 42.3 Å². The first kappa shape index (κ1) is 31.3.